The van der Waals surface area contributed by atoms with E-state index in [2.05, 4.69) is 37.6 Å². The summed E-state index contributed by atoms with van der Waals surface area (Å²) in [6, 6.07) is 14.1. The van der Waals surface area contributed by atoms with Crippen molar-refractivity contribution in [1.29, 1.82) is 0 Å². The number of nitrogens with one attached hydrogen (secondary N) is 1. The van der Waals surface area contributed by atoms with Crippen LogP contribution in [-0.2, 0) is 11.2 Å². The van der Waals surface area contributed by atoms with E-state index in [0.717, 1.165) is 43.1 Å². The Labute approximate surface area is 158 Å². The molecule has 7 nitrogen and oxygen atoms in total. The first-order valence-corrected chi connectivity index (χ1v) is 9.46. The Bertz CT molecular complexity index is 923. The van der Waals surface area contributed by atoms with E-state index in [4.69, 9.17) is 0 Å². The van der Waals surface area contributed by atoms with E-state index in [0.29, 0.717) is 13.1 Å². The zero-order valence-electron chi connectivity index (χ0n) is 15.5. The standard InChI is InChI=1S/C20H24N6O/c1-15-22-23-18-9-10-19(24-26(15)18)25-13-5-8-17(14-25)20(27)21-12-11-16-6-3-2-4-7-16/h2-4,6-7,9-10,17H,5,8,11-14H2,1H3,(H,21,27)/t17-/m1/s1. The lowest BCUT2D eigenvalue weighted by Gasteiger charge is -2.32. The van der Waals surface area contributed by atoms with E-state index in [1.165, 1.54) is 5.56 Å². The van der Waals surface area contributed by atoms with Crippen LogP contribution in [-0.4, -0.2) is 45.4 Å². The van der Waals surface area contributed by atoms with Crippen molar-refractivity contribution in [2.75, 3.05) is 24.5 Å². The number of carbonyl (C=O) groups is 1. The van der Waals surface area contributed by atoms with Gasteiger partial charge >= 0.3 is 0 Å². The third-order valence-corrected chi connectivity index (χ3v) is 5.08. The van der Waals surface area contributed by atoms with Gasteiger partial charge in [0.15, 0.2) is 11.5 Å². The van der Waals surface area contributed by atoms with Crippen molar-refractivity contribution in [2.24, 2.45) is 5.92 Å². The second kappa shape index (κ2) is 7.73. The minimum Gasteiger partial charge on any atom is -0.355 e. The second-order valence-electron chi connectivity index (χ2n) is 7.02. The molecular formula is C20H24N6O. The summed E-state index contributed by atoms with van der Waals surface area (Å²) in [7, 11) is 0. The number of piperidine rings is 1. The van der Waals surface area contributed by atoms with Crippen molar-refractivity contribution >= 4 is 17.4 Å². The summed E-state index contributed by atoms with van der Waals surface area (Å²) in [5, 5.41) is 15.9. The zero-order valence-corrected chi connectivity index (χ0v) is 15.5. The van der Waals surface area contributed by atoms with Crippen LogP contribution in [0.15, 0.2) is 42.5 Å². The Hall–Kier alpha value is -2.96. The Morgan fingerprint density at radius 3 is 2.89 bits per heavy atom. The topological polar surface area (TPSA) is 75.4 Å². The highest BCUT2D eigenvalue weighted by molar-refractivity contribution is 5.79. The SMILES string of the molecule is Cc1nnc2ccc(N3CCC[C@@H](C(=O)NCCc4ccccc4)C3)nn12. The molecule has 1 aromatic carbocycles. The van der Waals surface area contributed by atoms with E-state index in [1.807, 2.05) is 37.3 Å². The van der Waals surface area contributed by atoms with Gasteiger partial charge in [0.1, 0.15) is 5.82 Å². The largest absolute Gasteiger partial charge is 0.355 e. The Morgan fingerprint density at radius 1 is 1.19 bits per heavy atom. The van der Waals surface area contributed by atoms with E-state index >= 15 is 0 Å². The molecule has 3 aromatic rings. The summed E-state index contributed by atoms with van der Waals surface area (Å²) in [6.45, 7) is 4.16. The Morgan fingerprint density at radius 2 is 2.04 bits per heavy atom. The molecule has 1 amide bonds. The van der Waals surface area contributed by atoms with Gasteiger partial charge in [-0.15, -0.1) is 15.3 Å². The fourth-order valence-corrected chi connectivity index (χ4v) is 3.57. The quantitative estimate of drug-likeness (QED) is 0.749. The molecule has 0 spiro atoms. The average molecular weight is 364 g/mol. The molecule has 1 atom stereocenters. The summed E-state index contributed by atoms with van der Waals surface area (Å²) < 4.78 is 1.75. The van der Waals surface area contributed by atoms with Crippen LogP contribution in [0.1, 0.15) is 24.2 Å². The molecular weight excluding hydrogens is 340 g/mol. The molecule has 0 radical (unpaired) electrons. The van der Waals surface area contributed by atoms with Gasteiger partial charge in [-0.3, -0.25) is 4.79 Å². The fraction of sp³-hybridized carbons (Fsp3) is 0.400. The molecule has 4 rings (SSSR count). The molecule has 7 heteroatoms. The maximum atomic E-state index is 12.6. The molecule has 0 aliphatic carbocycles. The molecule has 1 fully saturated rings. The molecule has 140 valence electrons. The normalized spacial score (nSPS) is 17.2. The molecule has 1 aliphatic rings. The van der Waals surface area contributed by atoms with Gasteiger partial charge in [0.2, 0.25) is 5.91 Å². The van der Waals surface area contributed by atoms with Crippen LogP contribution in [0.3, 0.4) is 0 Å². The summed E-state index contributed by atoms with van der Waals surface area (Å²) in [6.07, 6.45) is 2.76. The second-order valence-corrected chi connectivity index (χ2v) is 7.02. The predicted octanol–water partition coefficient (Wildman–Crippen LogP) is 2.01. The van der Waals surface area contributed by atoms with Crippen LogP contribution in [0.4, 0.5) is 5.82 Å². The van der Waals surface area contributed by atoms with Crippen LogP contribution in [0.25, 0.3) is 5.65 Å². The number of aromatic nitrogens is 4. The Kier molecular flexibility index (Phi) is 5.00. The van der Waals surface area contributed by atoms with Gasteiger partial charge in [-0.2, -0.15) is 4.52 Å². The zero-order chi connectivity index (χ0) is 18.6. The lowest BCUT2D eigenvalue weighted by molar-refractivity contribution is -0.125. The number of aryl methyl sites for hydroxylation is 1. The minimum atomic E-state index is -0.00553. The molecule has 0 unspecified atom stereocenters. The van der Waals surface area contributed by atoms with E-state index in [1.54, 1.807) is 4.52 Å². The van der Waals surface area contributed by atoms with Crippen molar-refractivity contribution in [3.63, 3.8) is 0 Å². The maximum Gasteiger partial charge on any atom is 0.224 e. The molecule has 0 saturated carbocycles. The lowest BCUT2D eigenvalue weighted by atomic mass is 9.97. The number of fused-ring (bicyclic) bond motifs is 1. The average Bonchev–Trinajstić information content (AvgIpc) is 3.09. The molecule has 1 saturated heterocycles. The number of nitrogens with zero attached hydrogens (tertiary/aromatic N) is 5. The monoisotopic (exact) mass is 364 g/mol. The molecule has 0 bridgehead atoms. The summed E-state index contributed by atoms with van der Waals surface area (Å²) >= 11 is 0. The van der Waals surface area contributed by atoms with Crippen molar-refractivity contribution < 1.29 is 4.79 Å². The number of benzene rings is 1. The van der Waals surface area contributed by atoms with Gasteiger partial charge in [-0.05, 0) is 43.9 Å². The number of carbonyl (C=O) groups excluding carboxylic acids is 1. The minimum absolute atomic E-state index is 0.00553. The van der Waals surface area contributed by atoms with Crippen molar-refractivity contribution in [2.45, 2.75) is 26.2 Å². The van der Waals surface area contributed by atoms with Crippen LogP contribution in [0, 0.1) is 12.8 Å². The smallest absolute Gasteiger partial charge is 0.224 e. The van der Waals surface area contributed by atoms with E-state index in [-0.39, 0.29) is 11.8 Å². The van der Waals surface area contributed by atoms with Crippen LogP contribution in [0.5, 0.6) is 0 Å². The molecule has 1 aliphatic heterocycles. The van der Waals surface area contributed by atoms with E-state index in [9.17, 15) is 4.79 Å². The highest BCUT2D eigenvalue weighted by Gasteiger charge is 2.26. The maximum absolute atomic E-state index is 12.6. The van der Waals surface area contributed by atoms with Crippen molar-refractivity contribution in [1.82, 2.24) is 25.1 Å². The molecule has 2 aromatic heterocycles. The third kappa shape index (κ3) is 3.92. The van der Waals surface area contributed by atoms with Gasteiger partial charge < -0.3 is 10.2 Å². The summed E-state index contributed by atoms with van der Waals surface area (Å²) in [5.74, 6) is 1.76. The first-order valence-electron chi connectivity index (χ1n) is 9.46. The fourth-order valence-electron chi connectivity index (χ4n) is 3.57. The Balaban J connectivity index is 1.36. The van der Waals surface area contributed by atoms with Gasteiger partial charge in [0, 0.05) is 19.6 Å². The van der Waals surface area contributed by atoms with E-state index < -0.39 is 0 Å². The number of anilines is 1. The first kappa shape index (κ1) is 17.5. The van der Waals surface area contributed by atoms with Crippen LogP contribution >= 0.6 is 0 Å². The molecule has 3 heterocycles. The van der Waals surface area contributed by atoms with Gasteiger partial charge in [-0.1, -0.05) is 30.3 Å². The number of rotatable bonds is 5. The predicted molar refractivity (Wildman–Crippen MR) is 104 cm³/mol. The number of hydrogen-bond donors (Lipinski definition) is 1. The van der Waals surface area contributed by atoms with Crippen molar-refractivity contribution in [3.05, 3.63) is 53.9 Å². The van der Waals surface area contributed by atoms with Gasteiger partial charge in [0.05, 0.1) is 5.92 Å². The first-order chi connectivity index (χ1) is 13.2. The highest BCUT2D eigenvalue weighted by Crippen LogP contribution is 2.22. The lowest BCUT2D eigenvalue weighted by Crippen LogP contribution is -2.44. The van der Waals surface area contributed by atoms with Crippen LogP contribution in [0.2, 0.25) is 0 Å². The van der Waals surface area contributed by atoms with Gasteiger partial charge in [0.25, 0.3) is 0 Å². The molecule has 27 heavy (non-hydrogen) atoms. The summed E-state index contributed by atoms with van der Waals surface area (Å²) in [4.78, 5) is 14.8. The number of amides is 1. The van der Waals surface area contributed by atoms with Gasteiger partial charge in [-0.25, -0.2) is 0 Å². The summed E-state index contributed by atoms with van der Waals surface area (Å²) in [5.41, 5.74) is 1.98. The number of hydrogen-bond acceptors (Lipinski definition) is 5. The third-order valence-electron chi connectivity index (χ3n) is 5.08. The van der Waals surface area contributed by atoms with Crippen LogP contribution < -0.4 is 10.2 Å². The van der Waals surface area contributed by atoms with Crippen molar-refractivity contribution in [3.8, 4) is 0 Å². The highest BCUT2D eigenvalue weighted by atomic mass is 16.1. The molecule has 1 N–H and O–H groups in total.